The van der Waals surface area contributed by atoms with Crippen LogP contribution >= 0.6 is 11.3 Å². The van der Waals surface area contributed by atoms with Gasteiger partial charge in [-0.05, 0) is 25.0 Å². The summed E-state index contributed by atoms with van der Waals surface area (Å²) in [4.78, 5) is 15.6. The number of ether oxygens (including phenoxy) is 1. The summed E-state index contributed by atoms with van der Waals surface area (Å²) in [6, 6.07) is 9.99. The van der Waals surface area contributed by atoms with E-state index >= 15 is 0 Å². The van der Waals surface area contributed by atoms with Gasteiger partial charge in [0.2, 0.25) is 0 Å². The molecule has 3 heterocycles. The number of para-hydroxylation sites is 1. The summed E-state index contributed by atoms with van der Waals surface area (Å²) < 4.78 is 5.46. The van der Waals surface area contributed by atoms with Crippen molar-refractivity contribution >= 4 is 17.2 Å². The fourth-order valence-electron chi connectivity index (χ4n) is 3.35. The van der Waals surface area contributed by atoms with Crippen LogP contribution in [0.25, 0.3) is 11.3 Å². The number of nitriles is 1. The molecule has 0 aliphatic carbocycles. The average molecular weight is 377 g/mol. The highest BCUT2D eigenvalue weighted by molar-refractivity contribution is 7.10. The molecular formula is C20H19N5OS. The Kier molecular flexibility index (Phi) is 4.99. The van der Waals surface area contributed by atoms with Crippen LogP contribution in [-0.2, 0) is 0 Å². The minimum Gasteiger partial charge on any atom is -0.496 e. The van der Waals surface area contributed by atoms with E-state index in [1.807, 2.05) is 30.3 Å². The van der Waals surface area contributed by atoms with Crippen molar-refractivity contribution < 1.29 is 4.74 Å². The van der Waals surface area contributed by atoms with E-state index in [0.717, 1.165) is 48.8 Å². The molecule has 1 fully saturated rings. The molecule has 1 saturated heterocycles. The molecule has 0 saturated carbocycles. The van der Waals surface area contributed by atoms with Crippen LogP contribution in [0.3, 0.4) is 0 Å². The van der Waals surface area contributed by atoms with Crippen molar-refractivity contribution in [1.82, 2.24) is 15.0 Å². The smallest absolute Gasteiger partial charge is 0.158 e. The van der Waals surface area contributed by atoms with Gasteiger partial charge in [0.15, 0.2) is 5.69 Å². The number of thiazole rings is 1. The first-order valence-corrected chi connectivity index (χ1v) is 9.72. The molecule has 0 amide bonds. The van der Waals surface area contributed by atoms with Crippen LogP contribution in [0.4, 0.5) is 5.82 Å². The van der Waals surface area contributed by atoms with Crippen molar-refractivity contribution in [2.45, 2.75) is 18.8 Å². The second-order valence-electron chi connectivity index (χ2n) is 6.40. The molecule has 1 aliphatic heterocycles. The van der Waals surface area contributed by atoms with Crippen molar-refractivity contribution in [3.63, 3.8) is 0 Å². The normalized spacial score (nSPS) is 14.7. The Labute approximate surface area is 162 Å². The largest absolute Gasteiger partial charge is 0.496 e. The van der Waals surface area contributed by atoms with Gasteiger partial charge in [0, 0.05) is 30.0 Å². The maximum Gasteiger partial charge on any atom is 0.158 e. The molecule has 6 nitrogen and oxygen atoms in total. The third-order valence-electron chi connectivity index (χ3n) is 4.83. The van der Waals surface area contributed by atoms with E-state index in [9.17, 15) is 0 Å². The van der Waals surface area contributed by atoms with E-state index < -0.39 is 0 Å². The summed E-state index contributed by atoms with van der Waals surface area (Å²) in [5.41, 5.74) is 2.36. The summed E-state index contributed by atoms with van der Waals surface area (Å²) in [5.74, 6) is 2.14. The van der Waals surface area contributed by atoms with E-state index in [-0.39, 0.29) is 0 Å². The fraction of sp³-hybridized carbons (Fsp3) is 0.300. The maximum atomic E-state index is 8.84. The van der Waals surface area contributed by atoms with E-state index in [4.69, 9.17) is 15.0 Å². The zero-order valence-corrected chi connectivity index (χ0v) is 15.8. The van der Waals surface area contributed by atoms with Gasteiger partial charge in [-0.25, -0.2) is 15.0 Å². The predicted octanol–water partition coefficient (Wildman–Crippen LogP) is 3.86. The molecule has 27 heavy (non-hydrogen) atoms. The lowest BCUT2D eigenvalue weighted by molar-refractivity contribution is 0.416. The maximum absolute atomic E-state index is 8.84. The predicted molar refractivity (Wildman–Crippen MR) is 105 cm³/mol. The van der Waals surface area contributed by atoms with Crippen LogP contribution in [0.2, 0.25) is 0 Å². The zero-order valence-electron chi connectivity index (χ0n) is 15.0. The first kappa shape index (κ1) is 17.4. The number of hydrogen-bond acceptors (Lipinski definition) is 7. The summed E-state index contributed by atoms with van der Waals surface area (Å²) in [6.07, 6.45) is 5.27. The second-order valence-corrected chi connectivity index (χ2v) is 7.29. The standard InChI is InChI=1S/C20H19N5OS/c1-26-18-5-3-2-4-16(18)17-13-27-20(24-17)14-6-8-25(9-7-14)19-12-22-15(10-21)11-23-19/h2-5,11-14H,6-9H2,1H3. The Bertz CT molecular complexity index is 955. The van der Waals surface area contributed by atoms with Crippen molar-refractivity contribution in [3.8, 4) is 23.1 Å². The minimum absolute atomic E-state index is 0.347. The number of nitrogens with zero attached hydrogens (tertiary/aromatic N) is 5. The van der Waals surface area contributed by atoms with Crippen LogP contribution < -0.4 is 9.64 Å². The molecule has 7 heteroatoms. The lowest BCUT2D eigenvalue weighted by Gasteiger charge is -2.31. The Morgan fingerprint density at radius 1 is 1.19 bits per heavy atom. The fourth-order valence-corrected chi connectivity index (χ4v) is 4.34. The number of anilines is 1. The third-order valence-corrected chi connectivity index (χ3v) is 5.83. The number of piperidine rings is 1. The summed E-state index contributed by atoms with van der Waals surface area (Å²) in [6.45, 7) is 1.82. The van der Waals surface area contributed by atoms with Gasteiger partial charge in [-0.2, -0.15) is 5.26 Å². The van der Waals surface area contributed by atoms with Crippen molar-refractivity contribution in [1.29, 1.82) is 5.26 Å². The molecule has 1 aromatic carbocycles. The van der Waals surface area contributed by atoms with E-state index in [1.165, 1.54) is 11.2 Å². The number of hydrogen-bond donors (Lipinski definition) is 0. The lowest BCUT2D eigenvalue weighted by atomic mass is 9.97. The molecule has 4 rings (SSSR count). The van der Waals surface area contributed by atoms with Gasteiger partial charge in [0.25, 0.3) is 0 Å². The molecule has 0 spiro atoms. The van der Waals surface area contributed by atoms with Crippen LogP contribution in [0.5, 0.6) is 5.75 Å². The zero-order chi connectivity index (χ0) is 18.6. The molecular weight excluding hydrogens is 358 g/mol. The van der Waals surface area contributed by atoms with E-state index in [1.54, 1.807) is 24.6 Å². The SMILES string of the molecule is COc1ccccc1-c1csc(C2CCN(c3cnc(C#N)cn3)CC2)n1. The van der Waals surface area contributed by atoms with Crippen molar-refractivity contribution in [3.05, 3.63) is 52.7 Å². The Balaban J connectivity index is 1.44. The monoisotopic (exact) mass is 377 g/mol. The van der Waals surface area contributed by atoms with Gasteiger partial charge in [-0.15, -0.1) is 11.3 Å². The molecule has 0 bridgehead atoms. The number of aromatic nitrogens is 3. The number of methoxy groups -OCH3 is 1. The van der Waals surface area contributed by atoms with E-state index in [2.05, 4.69) is 20.2 Å². The molecule has 136 valence electrons. The molecule has 3 aromatic rings. The van der Waals surface area contributed by atoms with Gasteiger partial charge in [-0.1, -0.05) is 12.1 Å². The molecule has 0 radical (unpaired) electrons. The summed E-state index contributed by atoms with van der Waals surface area (Å²) in [7, 11) is 1.69. The summed E-state index contributed by atoms with van der Waals surface area (Å²) >= 11 is 1.72. The van der Waals surface area contributed by atoms with Crippen LogP contribution in [0, 0.1) is 11.3 Å². The molecule has 2 aromatic heterocycles. The minimum atomic E-state index is 0.347. The Morgan fingerprint density at radius 3 is 2.70 bits per heavy atom. The Hall–Kier alpha value is -2.98. The van der Waals surface area contributed by atoms with Gasteiger partial charge in [-0.3, -0.25) is 0 Å². The van der Waals surface area contributed by atoms with Crippen LogP contribution in [0.15, 0.2) is 42.0 Å². The van der Waals surface area contributed by atoms with Gasteiger partial charge >= 0.3 is 0 Å². The summed E-state index contributed by atoms with van der Waals surface area (Å²) in [5, 5.41) is 12.1. The number of rotatable bonds is 4. The molecule has 0 N–H and O–H groups in total. The topological polar surface area (TPSA) is 74.9 Å². The van der Waals surface area contributed by atoms with E-state index in [0.29, 0.717) is 11.6 Å². The molecule has 1 aliphatic rings. The second kappa shape index (κ2) is 7.72. The van der Waals surface area contributed by atoms with Gasteiger partial charge in [0.1, 0.15) is 17.6 Å². The number of benzene rings is 1. The van der Waals surface area contributed by atoms with Gasteiger partial charge < -0.3 is 9.64 Å². The van der Waals surface area contributed by atoms with Crippen molar-refractivity contribution in [2.75, 3.05) is 25.1 Å². The van der Waals surface area contributed by atoms with Crippen molar-refractivity contribution in [2.24, 2.45) is 0 Å². The van der Waals surface area contributed by atoms with Gasteiger partial charge in [0.05, 0.1) is 30.2 Å². The Morgan fingerprint density at radius 2 is 2.00 bits per heavy atom. The van der Waals surface area contributed by atoms with Crippen LogP contribution in [0.1, 0.15) is 29.5 Å². The highest BCUT2D eigenvalue weighted by Gasteiger charge is 2.24. The highest BCUT2D eigenvalue weighted by Crippen LogP contribution is 2.36. The lowest BCUT2D eigenvalue weighted by Crippen LogP contribution is -2.33. The molecule has 0 atom stereocenters. The van der Waals surface area contributed by atoms with Crippen LogP contribution in [-0.4, -0.2) is 35.2 Å². The first-order chi connectivity index (χ1) is 13.3. The first-order valence-electron chi connectivity index (χ1n) is 8.84. The third kappa shape index (κ3) is 3.62. The quantitative estimate of drug-likeness (QED) is 0.687. The molecule has 0 unspecified atom stereocenters. The average Bonchev–Trinajstić information content (AvgIpc) is 3.24. The highest BCUT2D eigenvalue weighted by atomic mass is 32.1.